The second-order valence-corrected chi connectivity index (χ2v) is 9.67. The molecule has 0 saturated carbocycles. The third-order valence-electron chi connectivity index (χ3n) is 4.54. The maximum atomic E-state index is 12.8. The Morgan fingerprint density at radius 3 is 2.29 bits per heavy atom. The standard InChI is InChI=1S/C17H11F6N3O3S2/c18-16(19,20)10-1-3-11(4-2-10)31(27,28)26-6-5-12-9(8-26)7-13(30-12)14-24-15(29-25-14)17(21,22)23/h1-4,7H,5-6,8H2. The minimum absolute atomic E-state index is 0.0658. The normalized spacial score (nSPS) is 15.8. The summed E-state index contributed by atoms with van der Waals surface area (Å²) in [6.45, 7) is -0.0183. The van der Waals surface area contributed by atoms with Crippen molar-refractivity contribution in [1.82, 2.24) is 14.4 Å². The number of benzene rings is 1. The lowest BCUT2D eigenvalue weighted by molar-refractivity contribution is -0.159. The zero-order valence-electron chi connectivity index (χ0n) is 15.2. The molecule has 1 aliphatic heterocycles. The Bertz CT molecular complexity index is 1210. The number of fused-ring (bicyclic) bond motifs is 1. The summed E-state index contributed by atoms with van der Waals surface area (Å²) >= 11 is 1.13. The van der Waals surface area contributed by atoms with Gasteiger partial charge in [0.1, 0.15) is 0 Å². The fourth-order valence-electron chi connectivity index (χ4n) is 3.03. The maximum absolute atomic E-state index is 12.8. The van der Waals surface area contributed by atoms with Crippen LogP contribution in [0.3, 0.4) is 0 Å². The zero-order valence-corrected chi connectivity index (χ0v) is 16.8. The molecule has 6 nitrogen and oxygen atoms in total. The fourth-order valence-corrected chi connectivity index (χ4v) is 5.53. The predicted octanol–water partition coefficient (Wildman–Crippen LogP) is 4.58. The van der Waals surface area contributed by atoms with E-state index in [0.29, 0.717) is 17.7 Å². The Balaban J connectivity index is 1.57. The molecule has 0 bridgehead atoms. The topological polar surface area (TPSA) is 76.3 Å². The van der Waals surface area contributed by atoms with Crippen molar-refractivity contribution in [2.24, 2.45) is 0 Å². The molecule has 0 fully saturated rings. The molecule has 1 aromatic carbocycles. The van der Waals surface area contributed by atoms with Crippen LogP contribution in [0.15, 0.2) is 39.8 Å². The van der Waals surface area contributed by atoms with Crippen molar-refractivity contribution >= 4 is 21.4 Å². The van der Waals surface area contributed by atoms with Crippen molar-refractivity contribution in [3.05, 3.63) is 52.2 Å². The molecule has 0 amide bonds. The number of alkyl halides is 6. The van der Waals surface area contributed by atoms with E-state index in [2.05, 4.69) is 14.7 Å². The summed E-state index contributed by atoms with van der Waals surface area (Å²) in [4.78, 5) is 4.08. The Morgan fingerprint density at radius 2 is 1.71 bits per heavy atom. The highest BCUT2D eigenvalue weighted by Crippen LogP contribution is 2.37. The van der Waals surface area contributed by atoms with E-state index in [-0.39, 0.29) is 35.1 Å². The molecule has 0 saturated heterocycles. The van der Waals surface area contributed by atoms with Gasteiger partial charge in [0.25, 0.3) is 0 Å². The van der Waals surface area contributed by atoms with Crippen LogP contribution in [-0.2, 0) is 35.3 Å². The molecule has 1 aliphatic rings. The number of thiophene rings is 1. The molecular formula is C17H11F6N3O3S2. The van der Waals surface area contributed by atoms with Gasteiger partial charge in [0, 0.05) is 18.0 Å². The highest BCUT2D eigenvalue weighted by Gasteiger charge is 2.39. The van der Waals surface area contributed by atoms with Gasteiger partial charge < -0.3 is 4.52 Å². The van der Waals surface area contributed by atoms with Gasteiger partial charge in [-0.05, 0) is 42.3 Å². The molecule has 166 valence electrons. The van der Waals surface area contributed by atoms with E-state index >= 15 is 0 Å². The molecule has 0 spiro atoms. The smallest absolute Gasteiger partial charge is 0.329 e. The maximum Gasteiger partial charge on any atom is 0.471 e. The summed E-state index contributed by atoms with van der Waals surface area (Å²) in [6, 6.07) is 4.66. The molecule has 3 aromatic rings. The molecule has 14 heteroatoms. The van der Waals surface area contributed by atoms with Gasteiger partial charge in [-0.25, -0.2) is 8.42 Å². The molecule has 31 heavy (non-hydrogen) atoms. The van der Waals surface area contributed by atoms with Crippen LogP contribution in [-0.4, -0.2) is 29.4 Å². The number of hydrogen-bond acceptors (Lipinski definition) is 6. The van der Waals surface area contributed by atoms with Gasteiger partial charge in [-0.3, -0.25) is 0 Å². The molecule has 0 radical (unpaired) electrons. The van der Waals surface area contributed by atoms with Crippen LogP contribution < -0.4 is 0 Å². The summed E-state index contributed by atoms with van der Waals surface area (Å²) in [5, 5.41) is 3.32. The highest BCUT2D eigenvalue weighted by atomic mass is 32.2. The minimum atomic E-state index is -4.78. The number of sulfonamides is 1. The van der Waals surface area contributed by atoms with Crippen molar-refractivity contribution in [3.8, 4) is 10.7 Å². The fraction of sp³-hybridized carbons (Fsp3) is 0.294. The van der Waals surface area contributed by atoms with E-state index in [0.717, 1.165) is 32.7 Å². The van der Waals surface area contributed by atoms with Gasteiger partial charge in [-0.1, -0.05) is 5.16 Å². The lowest BCUT2D eigenvalue weighted by Gasteiger charge is -2.26. The first-order valence-corrected chi connectivity index (χ1v) is 10.8. The van der Waals surface area contributed by atoms with Crippen molar-refractivity contribution < 1.29 is 39.3 Å². The number of rotatable bonds is 3. The lowest BCUT2D eigenvalue weighted by Crippen LogP contribution is -2.35. The van der Waals surface area contributed by atoms with Gasteiger partial charge in [0.15, 0.2) is 0 Å². The SMILES string of the molecule is O=S(=O)(c1ccc(C(F)(F)F)cc1)N1CCc2sc(-c3noc(C(F)(F)F)n3)cc2C1. The molecule has 0 aliphatic carbocycles. The first kappa shape index (κ1) is 21.8. The van der Waals surface area contributed by atoms with E-state index in [4.69, 9.17) is 0 Å². The molecular weight excluding hydrogens is 472 g/mol. The molecule has 4 rings (SSSR count). The van der Waals surface area contributed by atoms with Gasteiger partial charge in [-0.2, -0.15) is 35.6 Å². The predicted molar refractivity (Wildman–Crippen MR) is 95.4 cm³/mol. The summed E-state index contributed by atoms with van der Waals surface area (Å²) < 4.78 is 107. The van der Waals surface area contributed by atoms with Crippen LogP contribution in [0.5, 0.6) is 0 Å². The average molecular weight is 483 g/mol. The molecule has 2 aromatic heterocycles. The number of aromatic nitrogens is 2. The first-order chi connectivity index (χ1) is 14.4. The Hall–Kier alpha value is -2.45. The summed E-state index contributed by atoms with van der Waals surface area (Å²) in [7, 11) is -4.07. The van der Waals surface area contributed by atoms with Gasteiger partial charge in [0.05, 0.1) is 15.3 Å². The van der Waals surface area contributed by atoms with Crippen LogP contribution in [0.1, 0.15) is 21.9 Å². The van der Waals surface area contributed by atoms with Gasteiger partial charge >= 0.3 is 18.2 Å². The Morgan fingerprint density at radius 1 is 1.03 bits per heavy atom. The summed E-state index contributed by atoms with van der Waals surface area (Å²) in [5.74, 6) is -1.75. The third kappa shape index (κ3) is 4.19. The monoisotopic (exact) mass is 483 g/mol. The van der Waals surface area contributed by atoms with Crippen LogP contribution >= 0.6 is 11.3 Å². The molecule has 0 atom stereocenters. The van der Waals surface area contributed by atoms with Crippen LogP contribution in [0.4, 0.5) is 26.3 Å². The second kappa shape index (κ2) is 7.31. The van der Waals surface area contributed by atoms with Crippen molar-refractivity contribution in [2.75, 3.05) is 6.54 Å². The lowest BCUT2D eigenvalue weighted by atomic mass is 10.1. The Labute approximate surface area is 175 Å². The molecule has 3 heterocycles. The van der Waals surface area contributed by atoms with Gasteiger partial charge in [-0.15, -0.1) is 11.3 Å². The van der Waals surface area contributed by atoms with E-state index in [9.17, 15) is 34.8 Å². The number of nitrogens with zero attached hydrogens (tertiary/aromatic N) is 3. The van der Waals surface area contributed by atoms with E-state index in [1.165, 1.54) is 6.07 Å². The molecule has 0 N–H and O–H groups in total. The largest absolute Gasteiger partial charge is 0.471 e. The van der Waals surface area contributed by atoms with Crippen LogP contribution in [0, 0.1) is 0 Å². The molecule has 0 unspecified atom stereocenters. The number of halogens is 6. The summed E-state index contributed by atoms with van der Waals surface area (Å²) in [6.07, 6.45) is -9.09. The van der Waals surface area contributed by atoms with E-state index in [1.54, 1.807) is 0 Å². The van der Waals surface area contributed by atoms with Crippen molar-refractivity contribution in [2.45, 2.75) is 30.2 Å². The first-order valence-electron chi connectivity index (χ1n) is 8.56. The van der Waals surface area contributed by atoms with Crippen molar-refractivity contribution in [3.63, 3.8) is 0 Å². The Kier molecular flexibility index (Phi) is 5.13. The van der Waals surface area contributed by atoms with E-state index in [1.807, 2.05) is 0 Å². The minimum Gasteiger partial charge on any atom is -0.329 e. The van der Waals surface area contributed by atoms with Crippen LogP contribution in [0.25, 0.3) is 10.7 Å². The van der Waals surface area contributed by atoms with E-state index < -0.39 is 33.8 Å². The third-order valence-corrected chi connectivity index (χ3v) is 7.63. The summed E-state index contributed by atoms with van der Waals surface area (Å²) in [5.41, 5.74) is -0.409. The van der Waals surface area contributed by atoms with Crippen LogP contribution in [0.2, 0.25) is 0 Å². The second-order valence-electron chi connectivity index (χ2n) is 6.59. The van der Waals surface area contributed by atoms with Crippen molar-refractivity contribution in [1.29, 1.82) is 0 Å². The average Bonchev–Trinajstić information content (AvgIpc) is 3.33. The quantitative estimate of drug-likeness (QED) is 0.510. The highest BCUT2D eigenvalue weighted by molar-refractivity contribution is 7.89. The zero-order chi connectivity index (χ0) is 22.6. The van der Waals surface area contributed by atoms with Gasteiger partial charge in [0.2, 0.25) is 15.8 Å². The number of hydrogen-bond donors (Lipinski definition) is 0.